The van der Waals surface area contributed by atoms with Crippen molar-refractivity contribution in [1.29, 1.82) is 0 Å². The van der Waals surface area contributed by atoms with Crippen molar-refractivity contribution >= 4 is 55.2 Å². The topological polar surface area (TPSA) is 172 Å². The van der Waals surface area contributed by atoms with E-state index in [4.69, 9.17) is 16.6 Å². The molecule has 4 aromatic heterocycles. The van der Waals surface area contributed by atoms with Gasteiger partial charge >= 0.3 is 6.18 Å². The average molecular weight is 965 g/mol. The maximum atomic E-state index is 15.6. The van der Waals surface area contributed by atoms with Crippen molar-refractivity contribution in [2.24, 2.45) is 5.92 Å². The zero-order valence-corrected chi connectivity index (χ0v) is 35.4. The first-order valence-electron chi connectivity index (χ1n) is 19.6. The quantitative estimate of drug-likeness (QED) is 0.116. The van der Waals surface area contributed by atoms with Gasteiger partial charge in [-0.15, -0.1) is 0 Å². The second-order valence-corrected chi connectivity index (χ2v) is 18.1. The van der Waals surface area contributed by atoms with E-state index >= 15 is 13.6 Å². The smallest absolute Gasteiger partial charge is 0.344 e. The summed E-state index contributed by atoms with van der Waals surface area (Å²) in [6.45, 7) is -1.33. The summed E-state index contributed by atoms with van der Waals surface area (Å²) in [5.74, 6) is -10.4. The van der Waals surface area contributed by atoms with Crippen LogP contribution < -0.4 is 15.6 Å². The molecule has 2 N–H and O–H groups in total. The van der Waals surface area contributed by atoms with Crippen LogP contribution in [-0.4, -0.2) is 65.8 Å². The Morgan fingerprint density at radius 3 is 2.38 bits per heavy atom. The molecule has 3 atom stereocenters. The van der Waals surface area contributed by atoms with Crippen LogP contribution in [0.1, 0.15) is 58.8 Å². The molecule has 1 amide bonds. The maximum absolute atomic E-state index is 15.6. The first-order valence-corrected chi connectivity index (χ1v) is 21.9. The van der Waals surface area contributed by atoms with E-state index in [0.29, 0.717) is 38.6 Å². The van der Waals surface area contributed by atoms with E-state index in [9.17, 15) is 43.9 Å². The second kappa shape index (κ2) is 15.8. The normalized spacial score (nSPS) is 17.0. The zero-order valence-electron chi connectivity index (χ0n) is 33.8. The summed E-state index contributed by atoms with van der Waals surface area (Å²) in [7, 11) is -4.24. The number of hydrogen-bond acceptors (Lipinski definition) is 9. The Kier molecular flexibility index (Phi) is 10.7. The number of nitrogens with zero attached hydrogens (tertiary/aromatic N) is 8. The van der Waals surface area contributed by atoms with Crippen LogP contribution in [0.5, 0.6) is 0 Å². The average Bonchev–Trinajstić information content (AvgIpc) is 3.74. The fourth-order valence-electron chi connectivity index (χ4n) is 8.61. The molecule has 344 valence electrons. The van der Waals surface area contributed by atoms with E-state index in [0.717, 1.165) is 28.8 Å². The molecule has 0 bridgehead atoms. The lowest BCUT2D eigenvalue weighted by Crippen LogP contribution is -2.38. The number of halogens is 10. The summed E-state index contributed by atoms with van der Waals surface area (Å²) in [5.41, 5.74) is -3.38. The van der Waals surface area contributed by atoms with Crippen LogP contribution in [-0.2, 0) is 40.3 Å². The maximum Gasteiger partial charge on any atom is 0.408 e. The minimum absolute atomic E-state index is 0.0706. The summed E-state index contributed by atoms with van der Waals surface area (Å²) in [5, 5.41) is 9.15. The molecule has 4 heterocycles. The summed E-state index contributed by atoms with van der Waals surface area (Å²) in [6.07, 6.45) is -5.49. The third-order valence-electron chi connectivity index (χ3n) is 11.2. The molecular formula is C41H30ClF9N10O4S. The Morgan fingerprint density at radius 2 is 1.71 bits per heavy atom. The SMILES string of the molecule is Cc1nccnc1-c1ccc2c(=O)n(-c3ccc(Cl)c4c(NS(C)(=O)=O)nn(CC(F)(F)F)c34)c([C@H](Cc3cc(F)cc(F)c3)NC(=O)Cn3nc(C(F)F)c4c3C(F)(F)[C@@H]3C[C@H]43)nc2c1. The third-order valence-corrected chi connectivity index (χ3v) is 12.1. The number of hydrogen-bond donors (Lipinski definition) is 2. The standard InChI is InChI=1S/C41H30ClF9N10O4S/c1-17-32(53-8-7-52-17)19-3-4-22-26(12-19)55-38(61(39(22)63)28-6-5-25(42)31-34(28)60(16-40(47,48)49)57-37(31)58-66(2,64)65)27(11-18-9-20(43)13-21(44)10-18)54-29(62)15-59-35-30(33(56-59)36(45)46)23-14-24(23)41(35,50)51/h3-10,12-13,23-24,27,36H,11,14-16H2,1-2H3,(H,54,62)(H,57,58)/t23-,24+,27-/m0/s1. The molecule has 0 radical (unpaired) electrons. The van der Waals surface area contributed by atoms with Gasteiger partial charge in [0.2, 0.25) is 15.9 Å². The molecule has 7 aromatic rings. The molecule has 9 rings (SSSR count). The molecule has 2 aliphatic rings. The lowest BCUT2D eigenvalue weighted by molar-refractivity contribution is -0.141. The molecule has 1 saturated carbocycles. The largest absolute Gasteiger partial charge is 0.408 e. The Bertz CT molecular complexity index is 3320. The van der Waals surface area contributed by atoms with Crippen LogP contribution in [0.2, 0.25) is 5.02 Å². The predicted molar refractivity (Wildman–Crippen MR) is 219 cm³/mol. The summed E-state index contributed by atoms with van der Waals surface area (Å²) < 4.78 is 160. The van der Waals surface area contributed by atoms with Gasteiger partial charge in [0.15, 0.2) is 5.82 Å². The van der Waals surface area contributed by atoms with Gasteiger partial charge in [-0.2, -0.15) is 32.1 Å². The van der Waals surface area contributed by atoms with Crippen LogP contribution >= 0.6 is 11.6 Å². The predicted octanol–water partition coefficient (Wildman–Crippen LogP) is 7.81. The molecular weight excluding hydrogens is 935 g/mol. The fraction of sp³-hybridized carbons (Fsp3) is 0.293. The van der Waals surface area contributed by atoms with Crippen molar-refractivity contribution in [3.63, 3.8) is 0 Å². The monoisotopic (exact) mass is 964 g/mol. The number of carbonyl (C=O) groups is 1. The molecule has 14 nitrogen and oxygen atoms in total. The highest BCUT2D eigenvalue weighted by atomic mass is 35.5. The molecule has 1 fully saturated rings. The highest BCUT2D eigenvalue weighted by Gasteiger charge is 2.67. The lowest BCUT2D eigenvalue weighted by Gasteiger charge is -2.24. The van der Waals surface area contributed by atoms with Gasteiger partial charge in [0.1, 0.15) is 41.9 Å². The molecule has 0 spiro atoms. The molecule has 0 unspecified atom stereocenters. The van der Waals surface area contributed by atoms with Crippen LogP contribution in [0.3, 0.4) is 0 Å². The first kappa shape index (κ1) is 44.6. The number of sulfonamides is 1. The van der Waals surface area contributed by atoms with E-state index in [1.165, 1.54) is 30.6 Å². The molecule has 25 heteroatoms. The number of alkyl halides is 7. The van der Waals surface area contributed by atoms with Gasteiger partial charge < -0.3 is 5.32 Å². The van der Waals surface area contributed by atoms with E-state index in [-0.39, 0.29) is 33.5 Å². The third kappa shape index (κ3) is 8.08. The Hall–Kier alpha value is -6.56. The molecule has 0 aliphatic heterocycles. The van der Waals surface area contributed by atoms with Crippen molar-refractivity contribution in [3.05, 3.63) is 122 Å². The number of rotatable bonds is 12. The molecule has 0 saturated heterocycles. The van der Waals surface area contributed by atoms with Gasteiger partial charge in [-0.3, -0.25) is 38.2 Å². The summed E-state index contributed by atoms with van der Waals surface area (Å²) in [4.78, 5) is 42.5. The lowest BCUT2D eigenvalue weighted by atomic mass is 10.0. The van der Waals surface area contributed by atoms with Crippen molar-refractivity contribution in [2.45, 2.75) is 63.3 Å². The van der Waals surface area contributed by atoms with Gasteiger partial charge in [-0.25, -0.2) is 31.0 Å². The van der Waals surface area contributed by atoms with Crippen molar-refractivity contribution in [2.75, 3.05) is 11.0 Å². The van der Waals surface area contributed by atoms with E-state index in [1.54, 1.807) is 6.92 Å². The van der Waals surface area contributed by atoms with Crippen LogP contribution in [0.25, 0.3) is 38.8 Å². The summed E-state index contributed by atoms with van der Waals surface area (Å²) in [6, 6.07) is 6.93. The number of anilines is 1. The second-order valence-electron chi connectivity index (χ2n) is 15.9. The van der Waals surface area contributed by atoms with Gasteiger partial charge in [0, 0.05) is 41.9 Å². The van der Waals surface area contributed by atoms with Gasteiger partial charge in [0.25, 0.3) is 17.9 Å². The zero-order chi connectivity index (χ0) is 47.4. The van der Waals surface area contributed by atoms with Crippen molar-refractivity contribution in [1.82, 2.24) is 44.4 Å². The molecule has 66 heavy (non-hydrogen) atoms. The van der Waals surface area contributed by atoms with Crippen LogP contribution in [0.4, 0.5) is 45.3 Å². The number of amides is 1. The van der Waals surface area contributed by atoms with Crippen LogP contribution in [0, 0.1) is 24.5 Å². The van der Waals surface area contributed by atoms with E-state index in [2.05, 4.69) is 25.5 Å². The van der Waals surface area contributed by atoms with Gasteiger partial charge in [-0.05, 0) is 61.2 Å². The van der Waals surface area contributed by atoms with Crippen LogP contribution in [0.15, 0.2) is 65.7 Å². The number of aromatic nitrogens is 8. The number of benzene rings is 3. The highest BCUT2D eigenvalue weighted by molar-refractivity contribution is 7.92. The van der Waals surface area contributed by atoms with Gasteiger partial charge in [-0.1, -0.05) is 17.7 Å². The Morgan fingerprint density at radius 1 is 1.00 bits per heavy atom. The van der Waals surface area contributed by atoms with Crippen molar-refractivity contribution in [3.8, 4) is 16.9 Å². The molecule has 2 aliphatic carbocycles. The highest BCUT2D eigenvalue weighted by Crippen LogP contribution is 2.68. The first-order chi connectivity index (χ1) is 31.0. The number of nitrogens with one attached hydrogen (secondary N) is 2. The van der Waals surface area contributed by atoms with E-state index < -0.39 is 129 Å². The van der Waals surface area contributed by atoms with E-state index in [1.807, 2.05) is 4.72 Å². The molecule has 3 aromatic carbocycles. The van der Waals surface area contributed by atoms with Gasteiger partial charge in [0.05, 0.1) is 56.2 Å². The number of fused-ring (bicyclic) bond motifs is 5. The minimum Gasteiger partial charge on any atom is -0.344 e. The Labute approximate surface area is 370 Å². The number of carbonyl (C=O) groups excluding carboxylic acids is 1. The Balaban J connectivity index is 1.29. The summed E-state index contributed by atoms with van der Waals surface area (Å²) >= 11 is 6.52. The van der Waals surface area contributed by atoms with Crippen molar-refractivity contribution < 1.29 is 52.7 Å². The fourth-order valence-corrected chi connectivity index (χ4v) is 9.34. The number of aryl methyl sites for hydroxylation is 1. The minimum atomic E-state index is -5.02.